The SMILES string of the molecule is COCC(N)CN(C)C(=O)c1ccc(C(F)(F)F)cn1. The summed E-state index contributed by atoms with van der Waals surface area (Å²) in [5.74, 6) is -0.495. The topological polar surface area (TPSA) is 68.5 Å². The third-order valence-corrected chi connectivity index (χ3v) is 2.55. The number of nitrogens with two attached hydrogens (primary N) is 1. The van der Waals surface area contributed by atoms with E-state index < -0.39 is 17.6 Å². The fourth-order valence-corrected chi connectivity index (χ4v) is 1.59. The molecule has 1 heterocycles. The molecule has 1 aromatic rings. The lowest BCUT2D eigenvalue weighted by Crippen LogP contribution is -2.41. The second-order valence-corrected chi connectivity index (χ2v) is 4.33. The first-order valence-corrected chi connectivity index (χ1v) is 5.79. The van der Waals surface area contributed by atoms with Gasteiger partial charge in [-0.1, -0.05) is 0 Å². The first kappa shape index (κ1) is 16.4. The highest BCUT2D eigenvalue weighted by Gasteiger charge is 2.31. The van der Waals surface area contributed by atoms with Crippen molar-refractivity contribution in [2.24, 2.45) is 5.73 Å². The lowest BCUT2D eigenvalue weighted by Gasteiger charge is -2.20. The monoisotopic (exact) mass is 291 g/mol. The zero-order valence-electron chi connectivity index (χ0n) is 11.1. The molecule has 0 fully saturated rings. The van der Waals surface area contributed by atoms with Crippen LogP contribution < -0.4 is 5.73 Å². The Morgan fingerprint density at radius 1 is 1.50 bits per heavy atom. The predicted molar refractivity (Wildman–Crippen MR) is 66.1 cm³/mol. The van der Waals surface area contributed by atoms with E-state index in [0.717, 1.165) is 12.1 Å². The van der Waals surface area contributed by atoms with Crippen molar-refractivity contribution in [1.29, 1.82) is 0 Å². The van der Waals surface area contributed by atoms with Gasteiger partial charge in [0.2, 0.25) is 0 Å². The summed E-state index contributed by atoms with van der Waals surface area (Å²) in [7, 11) is 2.98. The summed E-state index contributed by atoms with van der Waals surface area (Å²) < 4.78 is 42.0. The molecular weight excluding hydrogens is 275 g/mol. The first-order valence-electron chi connectivity index (χ1n) is 5.79. The summed E-state index contributed by atoms with van der Waals surface area (Å²) in [6.45, 7) is 0.493. The number of carbonyl (C=O) groups excluding carboxylic acids is 1. The zero-order chi connectivity index (χ0) is 15.3. The first-order chi connectivity index (χ1) is 9.25. The number of nitrogens with zero attached hydrogens (tertiary/aromatic N) is 2. The fraction of sp³-hybridized carbons (Fsp3) is 0.500. The van der Waals surface area contributed by atoms with Crippen LogP contribution in [0.5, 0.6) is 0 Å². The second-order valence-electron chi connectivity index (χ2n) is 4.33. The second kappa shape index (κ2) is 6.67. The van der Waals surface area contributed by atoms with Gasteiger partial charge in [0.25, 0.3) is 5.91 Å². The van der Waals surface area contributed by atoms with Gasteiger partial charge in [0.1, 0.15) is 5.69 Å². The molecule has 0 aliphatic rings. The van der Waals surface area contributed by atoms with Crippen molar-refractivity contribution in [1.82, 2.24) is 9.88 Å². The molecule has 1 rings (SSSR count). The molecule has 1 amide bonds. The van der Waals surface area contributed by atoms with Crippen molar-refractivity contribution in [3.05, 3.63) is 29.6 Å². The maximum Gasteiger partial charge on any atom is 0.417 e. The molecule has 5 nitrogen and oxygen atoms in total. The number of carbonyl (C=O) groups is 1. The third kappa shape index (κ3) is 4.46. The van der Waals surface area contributed by atoms with Crippen molar-refractivity contribution in [3.63, 3.8) is 0 Å². The molecule has 0 aliphatic heterocycles. The third-order valence-electron chi connectivity index (χ3n) is 2.55. The van der Waals surface area contributed by atoms with Gasteiger partial charge in [-0.3, -0.25) is 9.78 Å². The number of ether oxygens (including phenoxy) is 1. The smallest absolute Gasteiger partial charge is 0.383 e. The van der Waals surface area contributed by atoms with Crippen LogP contribution in [0.3, 0.4) is 0 Å². The molecule has 2 N–H and O–H groups in total. The molecule has 0 spiro atoms. The van der Waals surface area contributed by atoms with Crippen molar-refractivity contribution in [2.75, 3.05) is 27.3 Å². The van der Waals surface area contributed by atoms with Gasteiger partial charge in [0, 0.05) is 32.9 Å². The fourth-order valence-electron chi connectivity index (χ4n) is 1.59. The number of alkyl halides is 3. The minimum atomic E-state index is -4.47. The van der Waals surface area contributed by atoms with Crippen LogP contribution in [-0.2, 0) is 10.9 Å². The summed E-state index contributed by atoms with van der Waals surface area (Å²) in [4.78, 5) is 16.8. The highest BCUT2D eigenvalue weighted by Crippen LogP contribution is 2.28. The van der Waals surface area contributed by atoms with E-state index in [1.54, 1.807) is 0 Å². The Morgan fingerprint density at radius 3 is 2.60 bits per heavy atom. The molecule has 0 saturated carbocycles. The summed E-state index contributed by atoms with van der Waals surface area (Å²) in [6, 6.07) is 1.50. The molecule has 0 radical (unpaired) electrons. The Bertz CT molecular complexity index is 448. The Labute approximate surface area is 114 Å². The van der Waals surface area contributed by atoms with Crippen LogP contribution >= 0.6 is 0 Å². The van der Waals surface area contributed by atoms with Crippen LogP contribution in [0.4, 0.5) is 13.2 Å². The van der Waals surface area contributed by atoms with Gasteiger partial charge >= 0.3 is 6.18 Å². The van der Waals surface area contributed by atoms with Gasteiger partial charge in [0.15, 0.2) is 0 Å². The molecule has 0 saturated heterocycles. The molecule has 1 unspecified atom stereocenters. The Morgan fingerprint density at radius 2 is 2.15 bits per heavy atom. The molecule has 112 valence electrons. The van der Waals surface area contributed by atoms with E-state index in [-0.39, 0.29) is 24.9 Å². The van der Waals surface area contributed by atoms with Crippen LogP contribution in [0.25, 0.3) is 0 Å². The Kier molecular flexibility index (Phi) is 5.46. The minimum absolute atomic E-state index is 0.0647. The largest absolute Gasteiger partial charge is 0.417 e. The predicted octanol–water partition coefficient (Wildman–Crippen LogP) is 1.15. The lowest BCUT2D eigenvalue weighted by atomic mass is 10.2. The van der Waals surface area contributed by atoms with Crippen LogP contribution in [0.15, 0.2) is 18.3 Å². The lowest BCUT2D eigenvalue weighted by molar-refractivity contribution is -0.137. The molecule has 0 bridgehead atoms. The van der Waals surface area contributed by atoms with Crippen LogP contribution in [0, 0.1) is 0 Å². The van der Waals surface area contributed by atoms with Gasteiger partial charge < -0.3 is 15.4 Å². The van der Waals surface area contributed by atoms with E-state index in [4.69, 9.17) is 10.5 Å². The maximum atomic E-state index is 12.4. The van der Waals surface area contributed by atoms with Crippen molar-refractivity contribution in [2.45, 2.75) is 12.2 Å². The number of likely N-dealkylation sites (N-methyl/N-ethyl adjacent to an activating group) is 1. The van der Waals surface area contributed by atoms with E-state index in [1.165, 1.54) is 19.1 Å². The van der Waals surface area contributed by atoms with Crippen molar-refractivity contribution >= 4 is 5.91 Å². The molecule has 0 aliphatic carbocycles. The average Bonchev–Trinajstić information content (AvgIpc) is 2.37. The number of amides is 1. The van der Waals surface area contributed by atoms with E-state index in [1.807, 2.05) is 0 Å². The number of hydrogen-bond acceptors (Lipinski definition) is 4. The van der Waals surface area contributed by atoms with Crippen LogP contribution in [0.1, 0.15) is 16.1 Å². The van der Waals surface area contributed by atoms with E-state index >= 15 is 0 Å². The number of hydrogen-bond donors (Lipinski definition) is 1. The quantitative estimate of drug-likeness (QED) is 0.883. The highest BCUT2D eigenvalue weighted by atomic mass is 19.4. The number of pyridine rings is 1. The summed E-state index contributed by atoms with van der Waals surface area (Å²) in [5, 5.41) is 0. The normalized spacial score (nSPS) is 13.1. The number of methoxy groups -OCH3 is 1. The summed E-state index contributed by atoms with van der Waals surface area (Å²) in [6.07, 6.45) is -3.84. The summed E-state index contributed by atoms with van der Waals surface area (Å²) >= 11 is 0. The summed E-state index contributed by atoms with van der Waals surface area (Å²) in [5.41, 5.74) is 4.73. The van der Waals surface area contributed by atoms with Crippen LogP contribution in [-0.4, -0.2) is 49.1 Å². The van der Waals surface area contributed by atoms with Gasteiger partial charge in [0.05, 0.1) is 12.2 Å². The average molecular weight is 291 g/mol. The number of halogens is 3. The van der Waals surface area contributed by atoms with Gasteiger partial charge in [-0.25, -0.2) is 0 Å². The van der Waals surface area contributed by atoms with Crippen LogP contribution in [0.2, 0.25) is 0 Å². The van der Waals surface area contributed by atoms with Crippen molar-refractivity contribution < 1.29 is 22.7 Å². The van der Waals surface area contributed by atoms with E-state index in [0.29, 0.717) is 6.20 Å². The molecule has 8 heteroatoms. The van der Waals surface area contributed by atoms with E-state index in [2.05, 4.69) is 4.98 Å². The van der Waals surface area contributed by atoms with Gasteiger partial charge in [-0.15, -0.1) is 0 Å². The molecule has 0 aromatic carbocycles. The molecule has 20 heavy (non-hydrogen) atoms. The zero-order valence-corrected chi connectivity index (χ0v) is 11.1. The number of rotatable bonds is 5. The van der Waals surface area contributed by atoms with Gasteiger partial charge in [-0.05, 0) is 12.1 Å². The molecule has 1 atom stereocenters. The Hall–Kier alpha value is -1.67. The highest BCUT2D eigenvalue weighted by molar-refractivity contribution is 5.92. The maximum absolute atomic E-state index is 12.4. The number of aromatic nitrogens is 1. The van der Waals surface area contributed by atoms with E-state index in [9.17, 15) is 18.0 Å². The standard InChI is InChI=1S/C12H16F3N3O2/c1-18(6-9(16)7-20-2)11(19)10-4-3-8(5-17-10)12(13,14)15/h3-5,9H,6-7,16H2,1-2H3. The molecular formula is C12H16F3N3O2. The van der Waals surface area contributed by atoms with Gasteiger partial charge in [-0.2, -0.15) is 13.2 Å². The van der Waals surface area contributed by atoms with Crippen molar-refractivity contribution in [3.8, 4) is 0 Å². The molecule has 1 aromatic heterocycles. The Balaban J connectivity index is 2.72. The minimum Gasteiger partial charge on any atom is -0.383 e.